The highest BCUT2D eigenvalue weighted by Gasteiger charge is 2.35. The Bertz CT molecular complexity index is 1140. The molecule has 1 saturated heterocycles. The number of carbonyl (C=O) groups is 2. The van der Waals surface area contributed by atoms with Gasteiger partial charge in [-0.3, -0.25) is 19.8 Å². The number of halogens is 2. The first-order valence-corrected chi connectivity index (χ1v) is 11.5. The predicted molar refractivity (Wildman–Crippen MR) is 133 cm³/mol. The molecule has 0 unspecified atom stereocenters. The number of anilines is 1. The second kappa shape index (κ2) is 10.0. The monoisotopic (exact) mass is 536 g/mol. The van der Waals surface area contributed by atoms with Gasteiger partial charge in [-0.1, -0.05) is 24.6 Å². The minimum Gasteiger partial charge on any atom is -0.493 e. The van der Waals surface area contributed by atoms with Gasteiger partial charge in [0.1, 0.15) is 5.57 Å². The number of hydrogen-bond acceptors (Lipinski definition) is 5. The number of ether oxygens (including phenoxy) is 2. The first-order chi connectivity index (χ1) is 15.2. The fraction of sp³-hybridized carbons (Fsp3) is 0.261. The van der Waals surface area contributed by atoms with Gasteiger partial charge in [-0.2, -0.15) is 0 Å². The van der Waals surface area contributed by atoms with Gasteiger partial charge in [-0.05, 0) is 89.9 Å². The van der Waals surface area contributed by atoms with Crippen molar-refractivity contribution in [1.82, 2.24) is 5.32 Å². The molecule has 2 aromatic carbocycles. The van der Waals surface area contributed by atoms with Crippen molar-refractivity contribution < 1.29 is 19.1 Å². The number of nitrogens with zero attached hydrogens (tertiary/aromatic N) is 1. The number of amides is 2. The summed E-state index contributed by atoms with van der Waals surface area (Å²) in [5, 5.41) is 3.07. The van der Waals surface area contributed by atoms with Crippen LogP contribution in [0.15, 0.2) is 40.4 Å². The van der Waals surface area contributed by atoms with Crippen molar-refractivity contribution >= 4 is 68.4 Å². The van der Waals surface area contributed by atoms with Crippen LogP contribution in [0.2, 0.25) is 5.02 Å². The van der Waals surface area contributed by atoms with Gasteiger partial charge >= 0.3 is 0 Å². The van der Waals surface area contributed by atoms with Crippen LogP contribution in [-0.2, 0) is 9.59 Å². The molecule has 1 heterocycles. The molecule has 1 fully saturated rings. The van der Waals surface area contributed by atoms with Crippen molar-refractivity contribution in [1.29, 1.82) is 0 Å². The smallest absolute Gasteiger partial charge is 0.270 e. The molecule has 0 aromatic heterocycles. The van der Waals surface area contributed by atoms with E-state index in [1.807, 2.05) is 13.8 Å². The van der Waals surface area contributed by atoms with E-state index in [1.54, 1.807) is 37.3 Å². The van der Waals surface area contributed by atoms with E-state index in [9.17, 15) is 9.59 Å². The molecule has 6 nitrogen and oxygen atoms in total. The summed E-state index contributed by atoms with van der Waals surface area (Å²) in [5.74, 6) is -0.0841. The van der Waals surface area contributed by atoms with Gasteiger partial charge in [0.05, 0.1) is 23.4 Å². The van der Waals surface area contributed by atoms with Gasteiger partial charge < -0.3 is 9.47 Å². The van der Waals surface area contributed by atoms with Crippen LogP contribution in [0, 0.1) is 6.92 Å². The number of methoxy groups -OCH3 is 1. The largest absolute Gasteiger partial charge is 0.493 e. The molecule has 0 saturated carbocycles. The Labute approximate surface area is 205 Å². The molecule has 3 rings (SSSR count). The van der Waals surface area contributed by atoms with Crippen LogP contribution in [0.5, 0.6) is 11.5 Å². The standard InChI is InChI=1S/C23H22BrClN2O4S/c1-5-12(2)31-20-16(24)10-14(11-19(20)30-4)9-15-21(28)26-23(32)27(22(15)29)18-8-6-7-17(25)13(18)3/h6-12H,5H2,1-4H3,(H,26,28,32)/b15-9+/t12-/m0/s1. The lowest BCUT2D eigenvalue weighted by atomic mass is 10.1. The van der Waals surface area contributed by atoms with Crippen molar-refractivity contribution in [2.75, 3.05) is 12.0 Å². The Morgan fingerprint density at radius 3 is 2.69 bits per heavy atom. The maximum atomic E-state index is 13.3. The third-order valence-corrected chi connectivity index (χ3v) is 6.32. The molecular weight excluding hydrogens is 516 g/mol. The number of hydrogen-bond donors (Lipinski definition) is 1. The van der Waals surface area contributed by atoms with Crippen LogP contribution in [0.4, 0.5) is 5.69 Å². The van der Waals surface area contributed by atoms with E-state index in [-0.39, 0.29) is 16.8 Å². The van der Waals surface area contributed by atoms with Gasteiger partial charge in [0.25, 0.3) is 11.8 Å². The molecule has 32 heavy (non-hydrogen) atoms. The molecule has 1 atom stereocenters. The molecule has 168 valence electrons. The zero-order valence-electron chi connectivity index (χ0n) is 18.0. The molecule has 0 aliphatic carbocycles. The highest BCUT2D eigenvalue weighted by molar-refractivity contribution is 9.10. The van der Waals surface area contributed by atoms with Crippen LogP contribution < -0.4 is 19.7 Å². The average molecular weight is 538 g/mol. The van der Waals surface area contributed by atoms with Crippen molar-refractivity contribution in [3.63, 3.8) is 0 Å². The summed E-state index contributed by atoms with van der Waals surface area (Å²) >= 11 is 15.0. The maximum Gasteiger partial charge on any atom is 0.270 e. The molecule has 2 aromatic rings. The van der Waals surface area contributed by atoms with Gasteiger partial charge in [0.15, 0.2) is 16.6 Å². The third-order valence-electron chi connectivity index (χ3n) is 5.04. The zero-order valence-corrected chi connectivity index (χ0v) is 21.2. The predicted octanol–water partition coefficient (Wildman–Crippen LogP) is 5.43. The minimum atomic E-state index is -0.578. The van der Waals surface area contributed by atoms with Crippen molar-refractivity contribution in [3.8, 4) is 11.5 Å². The summed E-state index contributed by atoms with van der Waals surface area (Å²) in [6.07, 6.45) is 2.31. The van der Waals surface area contributed by atoms with Gasteiger partial charge in [0, 0.05) is 5.02 Å². The summed E-state index contributed by atoms with van der Waals surface area (Å²) in [4.78, 5) is 27.2. The van der Waals surface area contributed by atoms with Crippen molar-refractivity contribution in [3.05, 3.63) is 56.5 Å². The van der Waals surface area contributed by atoms with E-state index in [0.717, 1.165) is 6.42 Å². The van der Waals surface area contributed by atoms with Crippen LogP contribution in [0.25, 0.3) is 6.08 Å². The molecule has 0 spiro atoms. The Kier molecular flexibility index (Phi) is 7.59. The zero-order chi connectivity index (χ0) is 23.6. The Morgan fingerprint density at radius 1 is 1.31 bits per heavy atom. The fourth-order valence-electron chi connectivity index (χ4n) is 3.10. The summed E-state index contributed by atoms with van der Waals surface area (Å²) in [6, 6.07) is 8.63. The number of nitrogens with one attached hydrogen (secondary N) is 1. The number of rotatable bonds is 6. The molecule has 0 bridgehead atoms. The second-order valence-corrected chi connectivity index (χ2v) is 8.86. The van der Waals surface area contributed by atoms with E-state index >= 15 is 0 Å². The number of benzene rings is 2. The lowest BCUT2D eigenvalue weighted by molar-refractivity contribution is -0.122. The van der Waals surface area contributed by atoms with E-state index in [1.165, 1.54) is 18.1 Å². The summed E-state index contributed by atoms with van der Waals surface area (Å²) < 4.78 is 12.1. The first-order valence-electron chi connectivity index (χ1n) is 9.88. The second-order valence-electron chi connectivity index (χ2n) is 7.21. The number of carbonyl (C=O) groups excluding carboxylic acids is 2. The number of thiocarbonyl (C=S) groups is 1. The molecule has 1 aliphatic rings. The maximum absolute atomic E-state index is 13.3. The molecule has 0 radical (unpaired) electrons. The SMILES string of the molecule is CC[C@H](C)Oc1c(Br)cc(/C=C2\C(=O)NC(=S)N(c3cccc(Cl)c3C)C2=O)cc1OC. The molecule has 9 heteroatoms. The lowest BCUT2D eigenvalue weighted by Gasteiger charge is -2.30. The van der Waals surface area contributed by atoms with Crippen LogP contribution in [-0.4, -0.2) is 30.1 Å². The molecule has 1 N–H and O–H groups in total. The fourth-order valence-corrected chi connectivity index (χ4v) is 4.10. The third kappa shape index (κ3) is 4.82. The van der Waals surface area contributed by atoms with E-state index in [0.29, 0.717) is 37.8 Å². The summed E-state index contributed by atoms with van der Waals surface area (Å²) in [6.45, 7) is 5.77. The van der Waals surface area contributed by atoms with Crippen molar-refractivity contribution in [2.24, 2.45) is 0 Å². The summed E-state index contributed by atoms with van der Waals surface area (Å²) in [7, 11) is 1.53. The van der Waals surface area contributed by atoms with Crippen molar-refractivity contribution in [2.45, 2.75) is 33.3 Å². The first kappa shape index (κ1) is 24.2. The van der Waals surface area contributed by atoms with Gasteiger partial charge in [0.2, 0.25) is 0 Å². The highest BCUT2D eigenvalue weighted by Crippen LogP contribution is 2.38. The molecule has 1 aliphatic heterocycles. The highest BCUT2D eigenvalue weighted by atomic mass is 79.9. The van der Waals surface area contributed by atoms with Gasteiger partial charge in [-0.15, -0.1) is 0 Å². The van der Waals surface area contributed by atoms with E-state index < -0.39 is 11.8 Å². The quantitative estimate of drug-likeness (QED) is 0.302. The van der Waals surface area contributed by atoms with E-state index in [4.69, 9.17) is 33.3 Å². The summed E-state index contributed by atoms with van der Waals surface area (Å²) in [5.41, 5.74) is 1.70. The van der Waals surface area contributed by atoms with Gasteiger partial charge in [-0.25, -0.2) is 0 Å². The lowest BCUT2D eigenvalue weighted by Crippen LogP contribution is -2.54. The van der Waals surface area contributed by atoms with E-state index in [2.05, 4.69) is 21.2 Å². The Balaban J connectivity index is 2.04. The normalized spacial score (nSPS) is 16.2. The topological polar surface area (TPSA) is 67.9 Å². The molecule has 2 amide bonds. The minimum absolute atomic E-state index is 0.00132. The van der Waals surface area contributed by atoms with Crippen LogP contribution in [0.1, 0.15) is 31.4 Å². The van der Waals surface area contributed by atoms with Crippen LogP contribution >= 0.6 is 39.7 Å². The Hall–Kier alpha value is -2.42. The molecular formula is C23H22BrClN2O4S. The Morgan fingerprint density at radius 2 is 2.03 bits per heavy atom. The van der Waals surface area contributed by atoms with Crippen LogP contribution in [0.3, 0.4) is 0 Å². The average Bonchev–Trinajstić information content (AvgIpc) is 2.75.